The van der Waals surface area contributed by atoms with E-state index < -0.39 is 26.0 Å². The average Bonchev–Trinajstić information content (AvgIpc) is 2.88. The Kier molecular flexibility index (Phi) is 8.34. The van der Waals surface area contributed by atoms with Crippen LogP contribution in [0.3, 0.4) is 0 Å². The zero-order valence-corrected chi connectivity index (χ0v) is 18.6. The smallest absolute Gasteiger partial charge is 0.389 e. The monoisotopic (exact) mass is 506 g/mol. The van der Waals surface area contributed by atoms with Crippen LogP contribution in [-0.2, 0) is 19.8 Å². The average molecular weight is 507 g/mol. The molecule has 1 aromatic carbocycles. The van der Waals surface area contributed by atoms with Gasteiger partial charge in [-0.15, -0.1) is 11.3 Å². The standard InChI is InChI=1S/C17H20BrF4O4PS/c1-3-25-27(23,26-4-2)10-13-14(18)11-6-7-12(19)15(16(11)28-13)24-9-5-8-17(20,21)22/h6-7H,3-5,8-10H2,1-2H3. The van der Waals surface area contributed by atoms with Gasteiger partial charge in [0.05, 0.1) is 30.7 Å². The second-order valence-corrected chi connectivity index (χ2v) is 9.72. The van der Waals surface area contributed by atoms with E-state index in [0.717, 1.165) is 11.3 Å². The largest absolute Gasteiger partial charge is 0.489 e. The molecule has 0 unspecified atom stereocenters. The van der Waals surface area contributed by atoms with Gasteiger partial charge in [-0.1, -0.05) is 0 Å². The molecule has 0 aliphatic heterocycles. The van der Waals surface area contributed by atoms with Gasteiger partial charge in [0.15, 0.2) is 11.6 Å². The maximum absolute atomic E-state index is 14.2. The minimum absolute atomic E-state index is 0.0102. The summed E-state index contributed by atoms with van der Waals surface area (Å²) in [6.45, 7) is 3.56. The van der Waals surface area contributed by atoms with Crippen molar-refractivity contribution in [2.75, 3.05) is 19.8 Å². The number of benzene rings is 1. The molecule has 0 bridgehead atoms. The molecule has 2 aromatic rings. The maximum atomic E-state index is 14.2. The molecule has 0 aliphatic rings. The molecule has 0 saturated carbocycles. The van der Waals surface area contributed by atoms with Crippen LogP contribution < -0.4 is 4.74 Å². The number of fused-ring (bicyclic) bond motifs is 1. The lowest BCUT2D eigenvalue weighted by molar-refractivity contribution is -0.136. The van der Waals surface area contributed by atoms with Crippen LogP contribution in [-0.4, -0.2) is 26.0 Å². The maximum Gasteiger partial charge on any atom is 0.389 e. The third-order valence-corrected chi connectivity index (χ3v) is 8.20. The van der Waals surface area contributed by atoms with Crippen LogP contribution in [0.25, 0.3) is 10.1 Å². The van der Waals surface area contributed by atoms with Crippen LogP contribution in [0, 0.1) is 5.82 Å². The first-order valence-electron chi connectivity index (χ1n) is 8.57. The quantitative estimate of drug-likeness (QED) is 0.193. The predicted octanol–water partition coefficient (Wildman–Crippen LogP) is 7.29. The summed E-state index contributed by atoms with van der Waals surface area (Å²) in [6.07, 6.45) is -5.57. The van der Waals surface area contributed by atoms with Gasteiger partial charge >= 0.3 is 13.8 Å². The van der Waals surface area contributed by atoms with Crippen molar-refractivity contribution in [3.63, 3.8) is 0 Å². The van der Waals surface area contributed by atoms with Crippen LogP contribution in [0.5, 0.6) is 5.75 Å². The molecule has 1 heterocycles. The predicted molar refractivity (Wildman–Crippen MR) is 105 cm³/mol. The third-order valence-electron chi connectivity index (χ3n) is 3.61. The number of ether oxygens (including phenoxy) is 1. The summed E-state index contributed by atoms with van der Waals surface area (Å²) in [5, 5.41) is 0.617. The number of hydrogen-bond donors (Lipinski definition) is 0. The van der Waals surface area contributed by atoms with Gasteiger partial charge in [-0.25, -0.2) is 4.39 Å². The van der Waals surface area contributed by atoms with Gasteiger partial charge in [0.25, 0.3) is 0 Å². The molecule has 4 nitrogen and oxygen atoms in total. The van der Waals surface area contributed by atoms with E-state index in [0.29, 0.717) is 19.4 Å². The zero-order chi connectivity index (χ0) is 20.9. The van der Waals surface area contributed by atoms with Crippen molar-refractivity contribution >= 4 is 44.9 Å². The molecule has 0 amide bonds. The minimum atomic E-state index is -4.28. The Hall–Kier alpha value is -0.670. The van der Waals surface area contributed by atoms with E-state index in [4.69, 9.17) is 13.8 Å². The molecule has 0 spiro atoms. The van der Waals surface area contributed by atoms with Gasteiger partial charge in [-0.05, 0) is 48.3 Å². The summed E-state index contributed by atoms with van der Waals surface area (Å²) >= 11 is 4.57. The summed E-state index contributed by atoms with van der Waals surface area (Å²) in [4.78, 5) is 0.617. The first-order chi connectivity index (χ1) is 13.1. The Morgan fingerprint density at radius 3 is 2.39 bits per heavy atom. The van der Waals surface area contributed by atoms with Crippen molar-refractivity contribution in [1.82, 2.24) is 0 Å². The SMILES string of the molecule is CCOP(=O)(Cc1sc2c(OCCCC(F)(F)F)c(F)ccc2c1Br)OCC. The van der Waals surface area contributed by atoms with Crippen molar-refractivity contribution in [2.24, 2.45) is 0 Å². The molecule has 0 N–H and O–H groups in total. The highest BCUT2D eigenvalue weighted by Crippen LogP contribution is 2.55. The van der Waals surface area contributed by atoms with Crippen LogP contribution in [0.2, 0.25) is 0 Å². The Morgan fingerprint density at radius 2 is 1.82 bits per heavy atom. The van der Waals surface area contributed by atoms with Crippen LogP contribution in [0.15, 0.2) is 16.6 Å². The van der Waals surface area contributed by atoms with E-state index in [1.54, 1.807) is 13.8 Å². The first-order valence-corrected chi connectivity index (χ1v) is 11.9. The van der Waals surface area contributed by atoms with E-state index in [2.05, 4.69) is 15.9 Å². The van der Waals surface area contributed by atoms with E-state index >= 15 is 0 Å². The zero-order valence-electron chi connectivity index (χ0n) is 15.3. The Balaban J connectivity index is 2.29. The van der Waals surface area contributed by atoms with Crippen molar-refractivity contribution < 1.29 is 35.9 Å². The van der Waals surface area contributed by atoms with Crippen molar-refractivity contribution in [1.29, 1.82) is 0 Å². The van der Waals surface area contributed by atoms with Crippen LogP contribution in [0.1, 0.15) is 31.6 Å². The van der Waals surface area contributed by atoms with Gasteiger partial charge in [-0.2, -0.15) is 13.2 Å². The molecule has 28 heavy (non-hydrogen) atoms. The molecule has 0 atom stereocenters. The highest BCUT2D eigenvalue weighted by molar-refractivity contribution is 9.10. The molecule has 0 aliphatic carbocycles. The van der Waals surface area contributed by atoms with E-state index in [9.17, 15) is 22.1 Å². The number of alkyl halides is 3. The number of hydrogen-bond acceptors (Lipinski definition) is 5. The number of thiophene rings is 1. The molecule has 2 rings (SSSR count). The second kappa shape index (κ2) is 9.89. The topological polar surface area (TPSA) is 44.8 Å². The van der Waals surface area contributed by atoms with Gasteiger partial charge in [0.1, 0.15) is 0 Å². The molecule has 11 heteroatoms. The minimum Gasteiger partial charge on any atom is -0.489 e. The Labute approximate surface area is 172 Å². The highest BCUT2D eigenvalue weighted by Gasteiger charge is 2.29. The summed E-state index contributed by atoms with van der Waals surface area (Å²) in [7, 11) is -3.37. The molecule has 0 fully saturated rings. The molecule has 0 saturated heterocycles. The highest BCUT2D eigenvalue weighted by atomic mass is 79.9. The normalized spacial score (nSPS) is 12.7. The van der Waals surface area contributed by atoms with Crippen LogP contribution >= 0.6 is 34.9 Å². The summed E-state index contributed by atoms with van der Waals surface area (Å²) in [6, 6.07) is 2.72. The lowest BCUT2D eigenvalue weighted by Gasteiger charge is -2.16. The Morgan fingerprint density at radius 1 is 1.18 bits per heavy atom. The van der Waals surface area contributed by atoms with Gasteiger partial charge in [0.2, 0.25) is 0 Å². The third kappa shape index (κ3) is 6.16. The summed E-state index contributed by atoms with van der Waals surface area (Å²) < 4.78 is 80.8. The number of rotatable bonds is 10. The molecular weight excluding hydrogens is 487 g/mol. The molecule has 1 aromatic heterocycles. The molecule has 158 valence electrons. The summed E-state index contributed by atoms with van der Waals surface area (Å²) in [5.41, 5.74) is 0. The summed E-state index contributed by atoms with van der Waals surface area (Å²) in [5.74, 6) is -0.781. The van der Waals surface area contributed by atoms with Gasteiger partial charge in [-0.3, -0.25) is 4.57 Å². The van der Waals surface area contributed by atoms with E-state index in [1.165, 1.54) is 12.1 Å². The molecular formula is C17H20BrF4O4PS. The van der Waals surface area contributed by atoms with Crippen molar-refractivity contribution in [2.45, 2.75) is 39.0 Å². The van der Waals surface area contributed by atoms with Crippen molar-refractivity contribution in [3.8, 4) is 5.75 Å². The van der Waals surface area contributed by atoms with E-state index in [-0.39, 0.29) is 38.2 Å². The lowest BCUT2D eigenvalue weighted by atomic mass is 10.2. The van der Waals surface area contributed by atoms with Crippen molar-refractivity contribution in [3.05, 3.63) is 27.3 Å². The van der Waals surface area contributed by atoms with Crippen LogP contribution in [0.4, 0.5) is 17.6 Å². The molecule has 0 radical (unpaired) electrons. The van der Waals surface area contributed by atoms with Gasteiger partial charge < -0.3 is 13.8 Å². The lowest BCUT2D eigenvalue weighted by Crippen LogP contribution is -2.10. The van der Waals surface area contributed by atoms with Gasteiger partial charge in [0, 0.05) is 21.2 Å². The Bertz CT molecular complexity index is 846. The first kappa shape index (κ1) is 23.6. The number of halogens is 5. The fraction of sp³-hybridized carbons (Fsp3) is 0.529. The van der Waals surface area contributed by atoms with E-state index in [1.807, 2.05) is 0 Å². The fourth-order valence-corrected chi connectivity index (χ4v) is 6.83. The fourth-order valence-electron chi connectivity index (χ4n) is 2.51. The second-order valence-electron chi connectivity index (χ2n) is 5.76.